The molecule has 0 aliphatic rings. The van der Waals surface area contributed by atoms with Crippen LogP contribution in [0.5, 0.6) is 0 Å². The molecule has 3 heteroatoms. The Bertz CT molecular complexity index is 68.4. The molecular formula is C5H9MnO2. The van der Waals surface area contributed by atoms with Gasteiger partial charge >= 0.3 is 32.4 Å². The summed E-state index contributed by atoms with van der Waals surface area (Å²) in [5, 5.41) is 0. The molecule has 0 aliphatic heterocycles. The second-order valence-electron chi connectivity index (χ2n) is 1.38. The van der Waals surface area contributed by atoms with Crippen LogP contribution in [-0.4, -0.2) is 10.5 Å². The molecular weight excluding hydrogens is 147 g/mol. The first-order valence-corrected chi connectivity index (χ1v) is 2.69. The molecule has 0 rings (SSSR count). The Morgan fingerprint density at radius 1 is 1.12 bits per heavy atom. The SMILES string of the molecule is CC(C)=O.C[C](=O)[Mn]. The van der Waals surface area contributed by atoms with Gasteiger partial charge in [-0.2, -0.15) is 0 Å². The Morgan fingerprint density at radius 3 is 1.12 bits per heavy atom. The summed E-state index contributed by atoms with van der Waals surface area (Å²) in [6.07, 6.45) is 0. The van der Waals surface area contributed by atoms with Crippen molar-refractivity contribution in [3.63, 3.8) is 0 Å². The number of carbonyl (C=O) groups is 2. The zero-order chi connectivity index (χ0) is 7.15. The summed E-state index contributed by atoms with van der Waals surface area (Å²) < 4.78 is -0.0208. The Balaban J connectivity index is 0. The second-order valence-corrected chi connectivity index (χ2v) is 2.21. The minimum atomic E-state index is -0.0208. The summed E-state index contributed by atoms with van der Waals surface area (Å²) in [7, 11) is 0. The predicted octanol–water partition coefficient (Wildman–Crippen LogP) is 0.675. The molecule has 0 aromatic heterocycles. The van der Waals surface area contributed by atoms with E-state index >= 15 is 0 Å². The third kappa shape index (κ3) is 7010. The Labute approximate surface area is 57.5 Å². The first kappa shape index (κ1) is 10.8. The van der Waals surface area contributed by atoms with E-state index in [1.807, 2.05) is 0 Å². The third-order valence-corrected chi connectivity index (χ3v) is 0. The monoisotopic (exact) mass is 156 g/mol. The molecule has 0 bridgehead atoms. The number of Topliss-reactive ketones (excluding diaryl/α,β-unsaturated/α-hetero) is 1. The van der Waals surface area contributed by atoms with Gasteiger partial charge in [0.25, 0.3) is 0 Å². The van der Waals surface area contributed by atoms with E-state index in [4.69, 9.17) is 0 Å². The van der Waals surface area contributed by atoms with Crippen molar-refractivity contribution in [2.24, 2.45) is 0 Å². The van der Waals surface area contributed by atoms with Crippen LogP contribution in [-0.2, 0) is 25.6 Å². The van der Waals surface area contributed by atoms with E-state index in [9.17, 15) is 9.59 Å². The van der Waals surface area contributed by atoms with Gasteiger partial charge in [-0.05, 0) is 13.8 Å². The van der Waals surface area contributed by atoms with Crippen LogP contribution < -0.4 is 0 Å². The van der Waals surface area contributed by atoms with Crippen molar-refractivity contribution in [1.82, 2.24) is 0 Å². The summed E-state index contributed by atoms with van der Waals surface area (Å²) in [4.78, 5) is 18.8. The van der Waals surface area contributed by atoms with Gasteiger partial charge in [0.05, 0.1) is 0 Å². The van der Waals surface area contributed by atoms with E-state index in [1.54, 1.807) is 0 Å². The van der Waals surface area contributed by atoms with Crippen molar-refractivity contribution >= 4 is 10.5 Å². The predicted molar refractivity (Wildman–Crippen MR) is 27.0 cm³/mol. The molecule has 48 valence electrons. The van der Waals surface area contributed by atoms with E-state index in [1.165, 1.54) is 20.8 Å². The number of carbonyl (C=O) groups excluding carboxylic acids is 2. The quantitative estimate of drug-likeness (QED) is 0.483. The van der Waals surface area contributed by atoms with Crippen LogP contribution in [0.1, 0.15) is 20.8 Å². The molecule has 0 saturated heterocycles. The summed E-state index contributed by atoms with van der Waals surface area (Å²) in [6, 6.07) is 0. The van der Waals surface area contributed by atoms with Crippen molar-refractivity contribution in [3.8, 4) is 0 Å². The fraction of sp³-hybridized carbons (Fsp3) is 0.600. The number of hydrogen-bond acceptors (Lipinski definition) is 2. The van der Waals surface area contributed by atoms with E-state index in [0.29, 0.717) is 0 Å². The van der Waals surface area contributed by atoms with Gasteiger partial charge in [-0.25, -0.2) is 0 Å². The molecule has 0 unspecified atom stereocenters. The summed E-state index contributed by atoms with van der Waals surface area (Å²) >= 11 is 2.63. The summed E-state index contributed by atoms with van der Waals surface area (Å²) in [5.41, 5.74) is 0. The van der Waals surface area contributed by atoms with Crippen LogP contribution in [0.3, 0.4) is 0 Å². The van der Waals surface area contributed by atoms with Crippen LogP contribution in [0.4, 0.5) is 0 Å². The maximum atomic E-state index is 9.44. The zero-order valence-electron chi connectivity index (χ0n) is 5.19. The Kier molecular flexibility index (Phi) is 9.24. The van der Waals surface area contributed by atoms with Crippen molar-refractivity contribution in [1.29, 1.82) is 0 Å². The van der Waals surface area contributed by atoms with Crippen molar-refractivity contribution in [3.05, 3.63) is 0 Å². The standard InChI is InChI=1S/C3H6O.C2H3O.Mn/c1-3(2)4;1-2-3;/h1-2H3;1H3;. The van der Waals surface area contributed by atoms with Crippen LogP contribution in [0, 0.1) is 0 Å². The van der Waals surface area contributed by atoms with Gasteiger partial charge in [0.1, 0.15) is 5.78 Å². The first-order chi connectivity index (χ1) is 3.46. The third-order valence-electron chi connectivity index (χ3n) is 0. The van der Waals surface area contributed by atoms with Gasteiger partial charge in [-0.15, -0.1) is 0 Å². The second kappa shape index (κ2) is 6.86. The molecule has 0 amide bonds. The molecule has 0 aromatic carbocycles. The van der Waals surface area contributed by atoms with Crippen molar-refractivity contribution < 1.29 is 25.6 Å². The van der Waals surface area contributed by atoms with Crippen molar-refractivity contribution in [2.45, 2.75) is 20.8 Å². The number of ketones is 1. The van der Waals surface area contributed by atoms with E-state index in [2.05, 4.69) is 16.0 Å². The normalized spacial score (nSPS) is 6.50. The van der Waals surface area contributed by atoms with Gasteiger partial charge in [0, 0.05) is 0 Å². The molecule has 2 nitrogen and oxygen atoms in total. The van der Waals surface area contributed by atoms with Gasteiger partial charge in [-0.3, -0.25) is 0 Å². The molecule has 0 heterocycles. The summed E-state index contributed by atoms with van der Waals surface area (Å²) in [5.74, 6) is 0.167. The summed E-state index contributed by atoms with van der Waals surface area (Å²) in [6.45, 7) is 4.50. The average molecular weight is 156 g/mol. The molecule has 0 saturated carbocycles. The number of hydrogen-bond donors (Lipinski definition) is 0. The molecule has 0 N–H and O–H groups in total. The topological polar surface area (TPSA) is 34.1 Å². The molecule has 0 aliphatic carbocycles. The molecule has 0 atom stereocenters. The van der Waals surface area contributed by atoms with Crippen LogP contribution in [0.25, 0.3) is 0 Å². The Hall–Kier alpha value is -0.141. The van der Waals surface area contributed by atoms with Gasteiger partial charge < -0.3 is 4.79 Å². The fourth-order valence-electron chi connectivity index (χ4n) is 0. The van der Waals surface area contributed by atoms with Crippen LogP contribution >= 0.6 is 0 Å². The van der Waals surface area contributed by atoms with E-state index < -0.39 is 0 Å². The first-order valence-electron chi connectivity index (χ1n) is 2.10. The molecule has 8 heavy (non-hydrogen) atoms. The molecule has 0 radical (unpaired) electrons. The number of rotatable bonds is 0. The minimum absolute atomic E-state index is 0.0208. The Morgan fingerprint density at radius 2 is 1.12 bits per heavy atom. The maximum absolute atomic E-state index is 9.44. The van der Waals surface area contributed by atoms with Gasteiger partial charge in [0.15, 0.2) is 0 Å². The van der Waals surface area contributed by atoms with E-state index in [0.717, 1.165) is 0 Å². The van der Waals surface area contributed by atoms with Crippen LogP contribution in [0.2, 0.25) is 0 Å². The fourth-order valence-corrected chi connectivity index (χ4v) is 0. The molecule has 0 spiro atoms. The molecule has 0 aromatic rings. The van der Waals surface area contributed by atoms with E-state index in [-0.39, 0.29) is 10.5 Å². The average Bonchev–Trinajstić information content (AvgIpc) is 1.25. The van der Waals surface area contributed by atoms with Crippen LogP contribution in [0.15, 0.2) is 0 Å². The molecule has 0 fully saturated rings. The van der Waals surface area contributed by atoms with Gasteiger partial charge in [0.2, 0.25) is 0 Å². The zero-order valence-corrected chi connectivity index (χ0v) is 6.37. The van der Waals surface area contributed by atoms with Gasteiger partial charge in [-0.1, -0.05) is 0 Å². The van der Waals surface area contributed by atoms with Crippen molar-refractivity contribution in [2.75, 3.05) is 0 Å².